The number of aliphatic hydroxyl groups is 1. The Balaban J connectivity index is 1.52. The van der Waals surface area contributed by atoms with Gasteiger partial charge in [0.2, 0.25) is 11.9 Å². The first-order valence-corrected chi connectivity index (χ1v) is 25.1. The van der Waals surface area contributed by atoms with E-state index < -0.39 is 95.7 Å². The van der Waals surface area contributed by atoms with Crippen molar-refractivity contribution in [3.05, 3.63) is 35.0 Å². The summed E-state index contributed by atoms with van der Waals surface area (Å²) in [5, 5.41) is 25.3. The van der Waals surface area contributed by atoms with E-state index in [-0.39, 0.29) is 60.4 Å². The zero-order valence-corrected chi connectivity index (χ0v) is 36.6. The zero-order chi connectivity index (χ0) is 42.6. The summed E-state index contributed by atoms with van der Waals surface area (Å²) < 4.78 is 65.4. The van der Waals surface area contributed by atoms with E-state index in [0.717, 1.165) is 6.20 Å². The van der Waals surface area contributed by atoms with Gasteiger partial charge in [-0.25, -0.2) is 19.3 Å². The highest BCUT2D eigenvalue weighted by Crippen LogP contribution is 2.56. The predicted octanol–water partition coefficient (Wildman–Crippen LogP) is 4.41. The molecule has 5 rings (SSSR count). The van der Waals surface area contributed by atoms with Gasteiger partial charge in [-0.05, 0) is 42.8 Å². The van der Waals surface area contributed by atoms with Crippen LogP contribution in [-0.2, 0) is 48.4 Å². The maximum absolute atomic E-state index is 14.4. The number of carbonyl (C=O) groups excluding carboxylic acids is 1. The van der Waals surface area contributed by atoms with Crippen LogP contribution in [0, 0.1) is 29.0 Å². The highest BCUT2D eigenvalue weighted by atomic mass is 32.5. The minimum Gasteiger partial charge on any atom is -0.408 e. The van der Waals surface area contributed by atoms with Crippen LogP contribution in [0.3, 0.4) is 0 Å². The van der Waals surface area contributed by atoms with Crippen LogP contribution >= 0.6 is 15.0 Å². The average Bonchev–Trinajstić information content (AvgIpc) is 3.82. The van der Waals surface area contributed by atoms with Gasteiger partial charge in [-0.2, -0.15) is 10.2 Å². The Hall–Kier alpha value is -3.23. The molecule has 1 saturated heterocycles. The highest BCUT2D eigenvalue weighted by molar-refractivity contribution is 8.07. The minimum atomic E-state index is -3.95. The lowest BCUT2D eigenvalue weighted by Crippen LogP contribution is -2.50. The quantitative estimate of drug-likeness (QED) is 0.0673. The van der Waals surface area contributed by atoms with Gasteiger partial charge in [-0.3, -0.25) is 29.0 Å². The van der Waals surface area contributed by atoms with E-state index in [0.29, 0.717) is 0 Å². The summed E-state index contributed by atoms with van der Waals surface area (Å²) in [5.74, 6) is -2.29. The maximum Gasteiger partial charge on any atom is 0.695 e. The Bertz CT molecular complexity index is 2100. The third-order valence-electron chi connectivity index (χ3n) is 10.2. The van der Waals surface area contributed by atoms with E-state index in [4.69, 9.17) is 39.1 Å². The van der Waals surface area contributed by atoms with E-state index in [1.807, 2.05) is 39.9 Å². The first-order chi connectivity index (χ1) is 27.3. The SMILES string of the molecule is CC(C)C(=O)Nc1nc2c(ncn2[C@@H]2O[C@H](CO)[C@@H](O[Si](C)(C)C(C)(C)C)[C@H]2O[P@](=S)(OCCC#N)OC[C@H]2C[C@@H](Nc3ncncc3F)C[C@@H]2O[P+](=O)O)c(=O)[nH]1. The lowest BCUT2D eigenvalue weighted by Gasteiger charge is -2.41. The van der Waals surface area contributed by atoms with Crippen LogP contribution in [0.4, 0.5) is 16.2 Å². The molecule has 2 fully saturated rings. The van der Waals surface area contributed by atoms with Crippen molar-refractivity contribution in [2.75, 3.05) is 30.5 Å². The number of aromatic amines is 1. The molecule has 0 aromatic carbocycles. The van der Waals surface area contributed by atoms with Crippen molar-refractivity contribution >= 4 is 63.9 Å². The zero-order valence-electron chi connectivity index (χ0n) is 33.0. The van der Waals surface area contributed by atoms with Crippen molar-refractivity contribution in [2.24, 2.45) is 11.8 Å². The lowest BCUT2D eigenvalue weighted by atomic mass is 10.1. The first-order valence-electron chi connectivity index (χ1n) is 18.5. The molecule has 1 saturated carbocycles. The largest absolute Gasteiger partial charge is 0.695 e. The Morgan fingerprint density at radius 1 is 1.28 bits per heavy atom. The standard InChI is InChI=1S/C33H48FN9O11P2SSi/c1-18(2)29(45)41-32-40-28-24(30(46)42-32)38-17-43(28)31-26(25(23(14-44)51-31)54-58(6,7)33(3,4)5)53-56(57,49-10-8-9-35)50-15-19-11-20(12-22(19)52-55(47)48)39-27-21(34)13-36-16-37-27/h13,16-20,22-23,25-26,31,44H,8,10-12,14-15H2,1-7H3,(H3-,36,37,39,40,41,42,45,46,47,48)/p+1/t19-,20-,22+,23-,25-,26-,31-,56+/m1/s1. The molecule has 3 aromatic rings. The topological polar surface area (TPSA) is 267 Å². The van der Waals surface area contributed by atoms with Gasteiger partial charge in [-0.15, -0.1) is 9.42 Å². The van der Waals surface area contributed by atoms with Crippen LogP contribution in [0.1, 0.15) is 60.1 Å². The van der Waals surface area contributed by atoms with Crippen LogP contribution < -0.4 is 16.2 Å². The summed E-state index contributed by atoms with van der Waals surface area (Å²) in [6.07, 6.45) is -1.45. The van der Waals surface area contributed by atoms with E-state index >= 15 is 0 Å². The average molecular weight is 889 g/mol. The second kappa shape index (κ2) is 19.0. The van der Waals surface area contributed by atoms with Crippen molar-refractivity contribution in [1.82, 2.24) is 29.5 Å². The number of fused-ring (bicyclic) bond motifs is 1. The molecular formula is C33H49FN9O11P2SSi+. The molecule has 318 valence electrons. The molecule has 0 spiro atoms. The molecule has 4 heterocycles. The highest BCUT2D eigenvalue weighted by Gasteiger charge is 2.54. The van der Waals surface area contributed by atoms with Crippen LogP contribution in [0.15, 0.2) is 23.6 Å². The normalized spacial score (nSPS) is 25.1. The summed E-state index contributed by atoms with van der Waals surface area (Å²) in [4.78, 5) is 54.2. The van der Waals surface area contributed by atoms with Crippen LogP contribution in [0.5, 0.6) is 0 Å². The number of amides is 1. The molecule has 3 aromatic heterocycles. The number of aliphatic hydroxyl groups excluding tert-OH is 1. The fourth-order valence-corrected chi connectivity index (χ4v) is 10.1. The monoisotopic (exact) mass is 888 g/mol. The van der Waals surface area contributed by atoms with Crippen LogP contribution in [0.25, 0.3) is 11.2 Å². The number of nitriles is 1. The number of imidazole rings is 1. The van der Waals surface area contributed by atoms with Crippen molar-refractivity contribution in [2.45, 2.75) is 109 Å². The van der Waals surface area contributed by atoms with Gasteiger partial charge in [-0.1, -0.05) is 34.6 Å². The Kier molecular flexibility index (Phi) is 15.0. The van der Waals surface area contributed by atoms with E-state index in [1.54, 1.807) is 13.8 Å². The summed E-state index contributed by atoms with van der Waals surface area (Å²) >= 11 is 6.00. The van der Waals surface area contributed by atoms with Gasteiger partial charge in [0.25, 0.3) is 5.56 Å². The smallest absolute Gasteiger partial charge is 0.408 e. The van der Waals surface area contributed by atoms with E-state index in [2.05, 4.69) is 35.6 Å². The fraction of sp³-hybridized carbons (Fsp3) is 0.667. The second-order valence-electron chi connectivity index (χ2n) is 15.7. The number of hydrogen-bond acceptors (Lipinski definition) is 17. The Morgan fingerprint density at radius 3 is 2.66 bits per heavy atom. The Morgan fingerprint density at radius 2 is 2.02 bits per heavy atom. The number of nitrogens with zero attached hydrogens (tertiary/aromatic N) is 6. The van der Waals surface area contributed by atoms with Gasteiger partial charge in [0.15, 0.2) is 37.3 Å². The molecule has 9 atom stereocenters. The van der Waals surface area contributed by atoms with Crippen LogP contribution in [0.2, 0.25) is 18.1 Å². The third-order valence-corrected chi connectivity index (χ3v) is 17.5. The van der Waals surface area contributed by atoms with Crippen molar-refractivity contribution in [3.8, 4) is 6.07 Å². The van der Waals surface area contributed by atoms with Crippen molar-refractivity contribution in [1.29, 1.82) is 5.26 Å². The summed E-state index contributed by atoms with van der Waals surface area (Å²) in [6.45, 7) is 8.57. The molecule has 0 radical (unpaired) electrons. The lowest BCUT2D eigenvalue weighted by molar-refractivity contribution is -0.118. The molecule has 25 heteroatoms. The third kappa shape index (κ3) is 10.9. The second-order valence-corrected chi connectivity index (χ2v) is 24.1. The van der Waals surface area contributed by atoms with Gasteiger partial charge < -0.3 is 28.6 Å². The molecular weight excluding hydrogens is 840 g/mol. The van der Waals surface area contributed by atoms with E-state index in [1.165, 1.54) is 17.2 Å². The molecule has 1 amide bonds. The maximum atomic E-state index is 14.4. The molecule has 5 N–H and O–H groups in total. The van der Waals surface area contributed by atoms with Crippen LogP contribution in [-0.4, -0.2) is 104 Å². The minimum absolute atomic E-state index is 0.00779. The van der Waals surface area contributed by atoms with Gasteiger partial charge >= 0.3 is 15.0 Å². The van der Waals surface area contributed by atoms with Crippen molar-refractivity contribution in [3.63, 3.8) is 0 Å². The molecule has 1 aliphatic carbocycles. The number of nitrogens with one attached hydrogen (secondary N) is 3. The van der Waals surface area contributed by atoms with Gasteiger partial charge in [0.05, 0.1) is 44.8 Å². The molecule has 2 aliphatic rings. The number of aromatic nitrogens is 6. The predicted molar refractivity (Wildman–Crippen MR) is 213 cm³/mol. The number of anilines is 2. The van der Waals surface area contributed by atoms with Gasteiger partial charge in [0.1, 0.15) is 30.7 Å². The van der Waals surface area contributed by atoms with E-state index in [9.17, 15) is 33.8 Å². The molecule has 0 bridgehead atoms. The number of rotatable bonds is 18. The first kappa shape index (κ1) is 45.8. The van der Waals surface area contributed by atoms with Gasteiger partial charge in [0, 0.05) is 22.4 Å². The molecule has 58 heavy (non-hydrogen) atoms. The molecule has 20 nitrogen and oxygen atoms in total. The number of hydrogen-bond donors (Lipinski definition) is 5. The number of carbonyl (C=O) groups is 1. The summed E-state index contributed by atoms with van der Waals surface area (Å²) in [7, 11) is -5.71. The Labute approximate surface area is 340 Å². The number of halogens is 1. The van der Waals surface area contributed by atoms with Crippen molar-refractivity contribution < 1.29 is 51.0 Å². The molecule has 1 unspecified atom stereocenters. The fourth-order valence-electron chi connectivity index (χ4n) is 6.16. The summed E-state index contributed by atoms with van der Waals surface area (Å²) in [6, 6.07) is 1.53. The summed E-state index contributed by atoms with van der Waals surface area (Å²) in [5.41, 5.74) is -0.722. The molecule has 1 aliphatic heterocycles. The number of H-pyrrole nitrogens is 1. The number of ether oxygens (including phenoxy) is 1.